The quantitative estimate of drug-likeness (QED) is 0.901. The lowest BCUT2D eigenvalue weighted by atomic mass is 9.92. The Morgan fingerprint density at radius 3 is 2.32 bits per heavy atom. The zero-order valence-electron chi connectivity index (χ0n) is 13.7. The van der Waals surface area contributed by atoms with Gasteiger partial charge in [-0.3, -0.25) is 10.2 Å². The van der Waals surface area contributed by atoms with Crippen LogP contribution in [0.2, 0.25) is 0 Å². The molecule has 130 valence electrons. The Bertz CT molecular complexity index is 883. The molecule has 0 aromatic heterocycles. The number of hydrogen-bond donors (Lipinski definition) is 1. The van der Waals surface area contributed by atoms with Crippen LogP contribution in [-0.4, -0.2) is 23.6 Å². The summed E-state index contributed by atoms with van der Waals surface area (Å²) in [6.45, 7) is 3.07. The molecule has 1 amide bonds. The maximum Gasteiger partial charge on any atom is 0.409 e. The number of nitrogens with one attached hydrogen (secondary N) is 1. The van der Waals surface area contributed by atoms with Gasteiger partial charge in [0.2, 0.25) is 5.91 Å². The topological polar surface area (TPSA) is 56.1 Å². The summed E-state index contributed by atoms with van der Waals surface area (Å²) in [7, 11) is 0. The highest BCUT2D eigenvalue weighted by atomic mass is 19.4. The van der Waals surface area contributed by atoms with E-state index in [1.807, 2.05) is 6.07 Å². The fourth-order valence-electron chi connectivity index (χ4n) is 3.08. The van der Waals surface area contributed by atoms with E-state index in [4.69, 9.17) is 0 Å². The van der Waals surface area contributed by atoms with Crippen molar-refractivity contribution in [2.24, 2.45) is 5.41 Å². The van der Waals surface area contributed by atoms with E-state index in [1.54, 1.807) is 38.1 Å². The van der Waals surface area contributed by atoms with E-state index in [-0.39, 0.29) is 17.7 Å². The van der Waals surface area contributed by atoms with Gasteiger partial charge < -0.3 is 0 Å². The Labute approximate surface area is 142 Å². The predicted molar refractivity (Wildman–Crippen MR) is 86.1 cm³/mol. The summed E-state index contributed by atoms with van der Waals surface area (Å²) in [6.07, 6.45) is -4.65. The molecule has 3 rings (SSSR count). The molecule has 7 heteroatoms. The smallest absolute Gasteiger partial charge is 0.287 e. The molecule has 1 N–H and O–H groups in total. The van der Waals surface area contributed by atoms with E-state index in [0.717, 1.165) is 5.01 Å². The Kier molecular flexibility index (Phi) is 3.96. The molecule has 0 bridgehead atoms. The number of alkyl halides is 3. The first-order valence-electron chi connectivity index (χ1n) is 7.71. The number of hydrazine groups is 1. The number of rotatable bonds is 2. The highest BCUT2D eigenvalue weighted by Gasteiger charge is 2.51. The minimum Gasteiger partial charge on any atom is -0.287 e. The standard InChI is InChI=1S/C18H16F3N3O/c1-17(2)10-24(23-16(17)25)15(18(19,20)21)14-8-12-6-4-3-5-11(12)7-13(14)9-22/h3-8,15H,10H2,1-2H3,(H,23,25). The van der Waals surface area contributed by atoms with Gasteiger partial charge in [0.05, 0.1) is 17.0 Å². The van der Waals surface area contributed by atoms with Gasteiger partial charge in [-0.2, -0.15) is 18.4 Å². The molecular formula is C18H16F3N3O. The predicted octanol–water partition coefficient (Wildman–Crippen LogP) is 3.69. The van der Waals surface area contributed by atoms with Crippen LogP contribution in [0.3, 0.4) is 0 Å². The summed E-state index contributed by atoms with van der Waals surface area (Å²) >= 11 is 0. The summed E-state index contributed by atoms with van der Waals surface area (Å²) in [4.78, 5) is 12.0. The second-order valence-corrected chi connectivity index (χ2v) is 6.80. The van der Waals surface area contributed by atoms with Crippen molar-refractivity contribution in [1.29, 1.82) is 5.26 Å². The molecule has 1 aliphatic heterocycles. The van der Waals surface area contributed by atoms with E-state index in [9.17, 15) is 23.2 Å². The van der Waals surface area contributed by atoms with Crippen molar-refractivity contribution in [3.05, 3.63) is 47.5 Å². The Hall–Kier alpha value is -2.59. The third-order valence-electron chi connectivity index (χ3n) is 4.38. The first kappa shape index (κ1) is 17.2. The van der Waals surface area contributed by atoms with Gasteiger partial charge in [-0.05, 0) is 42.3 Å². The summed E-state index contributed by atoms with van der Waals surface area (Å²) < 4.78 is 41.6. The molecule has 0 saturated carbocycles. The second-order valence-electron chi connectivity index (χ2n) is 6.80. The van der Waals surface area contributed by atoms with Gasteiger partial charge in [-0.25, -0.2) is 5.01 Å². The van der Waals surface area contributed by atoms with Gasteiger partial charge in [-0.1, -0.05) is 24.3 Å². The van der Waals surface area contributed by atoms with Crippen molar-refractivity contribution < 1.29 is 18.0 Å². The maximum absolute atomic E-state index is 13.9. The van der Waals surface area contributed by atoms with Crippen molar-refractivity contribution in [2.45, 2.75) is 26.1 Å². The molecule has 1 atom stereocenters. The number of halogens is 3. The molecule has 1 aliphatic rings. The lowest BCUT2D eigenvalue weighted by Gasteiger charge is -2.30. The Morgan fingerprint density at radius 2 is 1.84 bits per heavy atom. The highest BCUT2D eigenvalue weighted by molar-refractivity contribution is 5.85. The van der Waals surface area contributed by atoms with Gasteiger partial charge in [0, 0.05) is 6.54 Å². The number of hydrogen-bond acceptors (Lipinski definition) is 3. The average Bonchev–Trinajstić information content (AvgIpc) is 2.78. The van der Waals surface area contributed by atoms with Crippen molar-refractivity contribution >= 4 is 16.7 Å². The zero-order valence-corrected chi connectivity index (χ0v) is 13.7. The van der Waals surface area contributed by atoms with Gasteiger partial charge >= 0.3 is 6.18 Å². The van der Waals surface area contributed by atoms with E-state index in [2.05, 4.69) is 5.43 Å². The highest BCUT2D eigenvalue weighted by Crippen LogP contribution is 2.42. The molecule has 1 heterocycles. The molecule has 4 nitrogen and oxygen atoms in total. The summed E-state index contributed by atoms with van der Waals surface area (Å²) in [6, 6.07) is 9.51. The molecule has 2 aromatic carbocycles. The normalized spacial score (nSPS) is 18.8. The first-order chi connectivity index (χ1) is 11.6. The average molecular weight is 347 g/mol. The molecule has 1 saturated heterocycles. The molecule has 1 unspecified atom stereocenters. The monoisotopic (exact) mass is 347 g/mol. The van der Waals surface area contributed by atoms with Crippen LogP contribution >= 0.6 is 0 Å². The third kappa shape index (κ3) is 3.05. The fraction of sp³-hybridized carbons (Fsp3) is 0.333. The lowest BCUT2D eigenvalue weighted by Crippen LogP contribution is -2.44. The van der Waals surface area contributed by atoms with Crippen molar-refractivity contribution in [2.75, 3.05) is 6.54 Å². The van der Waals surface area contributed by atoms with E-state index in [1.165, 1.54) is 12.1 Å². The molecule has 0 spiro atoms. The van der Waals surface area contributed by atoms with Crippen LogP contribution in [0.4, 0.5) is 13.2 Å². The van der Waals surface area contributed by atoms with Crippen LogP contribution < -0.4 is 5.43 Å². The molecule has 2 aromatic rings. The first-order valence-corrected chi connectivity index (χ1v) is 7.71. The molecule has 0 radical (unpaired) electrons. The van der Waals surface area contributed by atoms with Crippen molar-refractivity contribution in [3.8, 4) is 6.07 Å². The number of fused-ring (bicyclic) bond motifs is 1. The fourth-order valence-corrected chi connectivity index (χ4v) is 3.08. The maximum atomic E-state index is 13.9. The van der Waals surface area contributed by atoms with Crippen molar-refractivity contribution in [3.63, 3.8) is 0 Å². The summed E-state index contributed by atoms with van der Waals surface area (Å²) in [5, 5.41) is 11.5. The summed E-state index contributed by atoms with van der Waals surface area (Å²) in [5.74, 6) is -0.471. The largest absolute Gasteiger partial charge is 0.409 e. The Morgan fingerprint density at radius 1 is 1.24 bits per heavy atom. The Balaban J connectivity index is 2.17. The number of carbonyl (C=O) groups is 1. The third-order valence-corrected chi connectivity index (χ3v) is 4.38. The number of benzene rings is 2. The SMILES string of the molecule is CC1(C)CN(C(c2cc3ccccc3cc2C#N)C(F)(F)F)NC1=O. The minimum absolute atomic E-state index is 0.0556. The van der Waals surface area contributed by atoms with Crippen LogP contribution in [0.5, 0.6) is 0 Å². The number of nitrogens with zero attached hydrogens (tertiary/aromatic N) is 2. The number of carbonyl (C=O) groups excluding carboxylic acids is 1. The van der Waals surface area contributed by atoms with E-state index >= 15 is 0 Å². The van der Waals surface area contributed by atoms with E-state index in [0.29, 0.717) is 10.8 Å². The zero-order chi connectivity index (χ0) is 18.4. The van der Waals surface area contributed by atoms with Gasteiger partial charge in [0.25, 0.3) is 0 Å². The van der Waals surface area contributed by atoms with Gasteiger partial charge in [-0.15, -0.1) is 0 Å². The van der Waals surface area contributed by atoms with Crippen LogP contribution in [0.25, 0.3) is 10.8 Å². The van der Waals surface area contributed by atoms with E-state index < -0.39 is 23.5 Å². The summed E-state index contributed by atoms with van der Waals surface area (Å²) in [5.41, 5.74) is 1.16. The van der Waals surface area contributed by atoms with Crippen LogP contribution in [0.15, 0.2) is 36.4 Å². The number of amides is 1. The second kappa shape index (κ2) is 5.74. The van der Waals surface area contributed by atoms with Crippen molar-refractivity contribution in [1.82, 2.24) is 10.4 Å². The van der Waals surface area contributed by atoms with Gasteiger partial charge in [0.1, 0.15) is 0 Å². The van der Waals surface area contributed by atoms with Crippen LogP contribution in [0.1, 0.15) is 31.0 Å². The van der Waals surface area contributed by atoms with Gasteiger partial charge in [0.15, 0.2) is 6.04 Å². The molecule has 0 aliphatic carbocycles. The lowest BCUT2D eigenvalue weighted by molar-refractivity contribution is -0.191. The van der Waals surface area contributed by atoms with Crippen LogP contribution in [-0.2, 0) is 4.79 Å². The molecular weight excluding hydrogens is 331 g/mol. The minimum atomic E-state index is -4.65. The molecule has 25 heavy (non-hydrogen) atoms. The van der Waals surface area contributed by atoms with Crippen LogP contribution in [0, 0.1) is 16.7 Å². The molecule has 1 fully saturated rings. The number of nitriles is 1.